The number of anilines is 1. The van der Waals surface area contributed by atoms with Crippen molar-refractivity contribution >= 4 is 15.7 Å². The monoisotopic (exact) mass is 416 g/mol. The third-order valence-corrected chi connectivity index (χ3v) is 5.26. The van der Waals surface area contributed by atoms with E-state index in [4.69, 9.17) is 0 Å². The molecule has 0 amide bonds. The van der Waals surface area contributed by atoms with Crippen molar-refractivity contribution in [1.29, 1.82) is 0 Å². The van der Waals surface area contributed by atoms with E-state index in [1.165, 1.54) is 0 Å². The lowest BCUT2D eigenvalue weighted by Crippen LogP contribution is -2.28. The van der Waals surface area contributed by atoms with Gasteiger partial charge in [-0.05, 0) is 68.3 Å². The second-order valence-corrected chi connectivity index (χ2v) is 8.06. The highest BCUT2D eigenvalue weighted by Gasteiger charge is 2.31. The first kappa shape index (κ1) is 22.0. The minimum Gasteiger partial charge on any atom is -0.406 e. The van der Waals surface area contributed by atoms with Crippen LogP contribution in [0.1, 0.15) is 25.8 Å². The molecule has 0 bridgehead atoms. The highest BCUT2D eigenvalue weighted by Crippen LogP contribution is 2.25. The number of halogens is 3. The van der Waals surface area contributed by atoms with Gasteiger partial charge < -0.3 is 10.1 Å². The summed E-state index contributed by atoms with van der Waals surface area (Å²) in [4.78, 5) is -0.163. The minimum atomic E-state index is -4.83. The summed E-state index contributed by atoms with van der Waals surface area (Å²) >= 11 is 0. The number of nitrogens with one attached hydrogen (secondary N) is 2. The molecule has 0 aromatic heterocycles. The van der Waals surface area contributed by atoms with Gasteiger partial charge in [-0.2, -0.15) is 0 Å². The van der Waals surface area contributed by atoms with Gasteiger partial charge in [-0.15, -0.1) is 13.2 Å². The van der Waals surface area contributed by atoms with E-state index in [0.29, 0.717) is 11.7 Å². The van der Waals surface area contributed by atoms with Gasteiger partial charge in [-0.3, -0.25) is 4.72 Å². The molecule has 0 spiro atoms. The Bertz CT molecular complexity index is 851. The van der Waals surface area contributed by atoms with Crippen LogP contribution >= 0.6 is 0 Å². The third-order valence-electron chi connectivity index (χ3n) is 3.86. The Hall–Kier alpha value is -2.26. The molecule has 0 aliphatic heterocycles. The maximum absolute atomic E-state index is 12.4. The highest BCUT2D eigenvalue weighted by molar-refractivity contribution is 7.92. The Morgan fingerprint density at radius 2 is 1.64 bits per heavy atom. The molecular weight excluding hydrogens is 393 g/mol. The molecule has 0 aliphatic rings. The molecule has 5 nitrogen and oxygen atoms in total. The van der Waals surface area contributed by atoms with Gasteiger partial charge in [0.15, 0.2) is 0 Å². The predicted octanol–water partition coefficient (Wildman–Crippen LogP) is 4.32. The SMILES string of the molecule is CCCN[C@@H](C)Cc1ccc(NS(=O)(=O)c2ccc(OC(F)(F)F)cc2)cc1. The fourth-order valence-corrected chi connectivity index (χ4v) is 3.62. The molecule has 0 heterocycles. The van der Waals surface area contributed by atoms with Crippen molar-refractivity contribution < 1.29 is 26.3 Å². The topological polar surface area (TPSA) is 67.4 Å². The predicted molar refractivity (Wildman–Crippen MR) is 102 cm³/mol. The van der Waals surface area contributed by atoms with E-state index in [9.17, 15) is 21.6 Å². The molecule has 2 aromatic rings. The Morgan fingerprint density at radius 1 is 1.04 bits per heavy atom. The molecule has 0 unspecified atom stereocenters. The molecule has 0 aliphatic carbocycles. The smallest absolute Gasteiger partial charge is 0.406 e. The van der Waals surface area contributed by atoms with Crippen LogP contribution in [0, 0.1) is 0 Å². The first-order valence-corrected chi connectivity index (χ1v) is 10.3. The normalized spacial score (nSPS) is 13.2. The molecule has 1 atom stereocenters. The number of hydrogen-bond donors (Lipinski definition) is 2. The number of rotatable bonds is 9. The Balaban J connectivity index is 2.01. The summed E-state index contributed by atoms with van der Waals surface area (Å²) in [5, 5.41) is 3.38. The van der Waals surface area contributed by atoms with Crippen LogP contribution in [0.5, 0.6) is 5.75 Å². The van der Waals surface area contributed by atoms with Crippen molar-refractivity contribution in [2.75, 3.05) is 11.3 Å². The number of alkyl halides is 3. The van der Waals surface area contributed by atoms with Gasteiger partial charge in [0.25, 0.3) is 10.0 Å². The summed E-state index contributed by atoms with van der Waals surface area (Å²) in [7, 11) is -3.92. The van der Waals surface area contributed by atoms with Crippen molar-refractivity contribution in [3.63, 3.8) is 0 Å². The summed E-state index contributed by atoms with van der Waals surface area (Å²) in [6.45, 7) is 5.11. The summed E-state index contributed by atoms with van der Waals surface area (Å²) in [5.74, 6) is -0.485. The first-order valence-electron chi connectivity index (χ1n) is 8.80. The lowest BCUT2D eigenvalue weighted by atomic mass is 10.1. The molecule has 2 N–H and O–H groups in total. The largest absolute Gasteiger partial charge is 0.573 e. The molecule has 9 heteroatoms. The van der Waals surface area contributed by atoms with Crippen molar-refractivity contribution in [2.45, 2.75) is 44.0 Å². The van der Waals surface area contributed by atoms with Crippen LogP contribution < -0.4 is 14.8 Å². The molecule has 2 rings (SSSR count). The number of benzene rings is 2. The van der Waals surface area contributed by atoms with Crippen LogP contribution in [0.25, 0.3) is 0 Å². The van der Waals surface area contributed by atoms with Gasteiger partial charge in [0.05, 0.1) is 4.90 Å². The van der Waals surface area contributed by atoms with Crippen molar-refractivity contribution in [2.24, 2.45) is 0 Å². The van der Waals surface area contributed by atoms with Crippen LogP contribution in [0.15, 0.2) is 53.4 Å². The fraction of sp³-hybridized carbons (Fsp3) is 0.368. The van der Waals surface area contributed by atoms with Gasteiger partial charge in [0, 0.05) is 11.7 Å². The minimum absolute atomic E-state index is 0.163. The summed E-state index contributed by atoms with van der Waals surface area (Å²) in [6, 6.07) is 11.3. The molecule has 28 heavy (non-hydrogen) atoms. The van der Waals surface area contributed by atoms with Crippen LogP contribution in [-0.4, -0.2) is 27.4 Å². The summed E-state index contributed by atoms with van der Waals surface area (Å²) in [6.07, 6.45) is -2.97. The molecule has 0 fully saturated rings. The van der Waals surface area contributed by atoms with Crippen molar-refractivity contribution in [3.05, 3.63) is 54.1 Å². The molecule has 0 saturated carbocycles. The maximum atomic E-state index is 12.4. The first-order chi connectivity index (χ1) is 13.1. The molecule has 2 aromatic carbocycles. The van der Waals surface area contributed by atoms with Gasteiger partial charge in [-0.25, -0.2) is 8.42 Å². The zero-order valence-electron chi connectivity index (χ0n) is 15.6. The molecule has 0 radical (unpaired) electrons. The Kier molecular flexibility index (Phi) is 7.31. The van der Waals surface area contributed by atoms with E-state index in [1.807, 2.05) is 12.1 Å². The highest BCUT2D eigenvalue weighted by atomic mass is 32.2. The lowest BCUT2D eigenvalue weighted by molar-refractivity contribution is -0.274. The van der Waals surface area contributed by atoms with Crippen molar-refractivity contribution in [3.8, 4) is 5.75 Å². The van der Waals surface area contributed by atoms with Gasteiger partial charge in [0.1, 0.15) is 5.75 Å². The van der Waals surface area contributed by atoms with Crippen LogP contribution in [-0.2, 0) is 16.4 Å². The maximum Gasteiger partial charge on any atom is 0.573 e. The summed E-state index contributed by atoms with van der Waals surface area (Å²) in [5.41, 5.74) is 1.43. The van der Waals surface area contributed by atoms with Crippen LogP contribution in [0.4, 0.5) is 18.9 Å². The molecule has 0 saturated heterocycles. The average Bonchev–Trinajstić information content (AvgIpc) is 2.60. The second kappa shape index (κ2) is 9.29. The van der Waals surface area contributed by atoms with Gasteiger partial charge >= 0.3 is 6.36 Å². The Morgan fingerprint density at radius 3 is 2.18 bits per heavy atom. The second-order valence-electron chi connectivity index (χ2n) is 6.38. The third kappa shape index (κ3) is 7.05. The van der Waals surface area contributed by atoms with Gasteiger partial charge in [0.2, 0.25) is 0 Å². The van der Waals surface area contributed by atoms with E-state index in [-0.39, 0.29) is 4.90 Å². The van der Waals surface area contributed by atoms with E-state index in [2.05, 4.69) is 28.6 Å². The quantitative estimate of drug-likeness (QED) is 0.639. The zero-order valence-corrected chi connectivity index (χ0v) is 16.4. The number of sulfonamides is 1. The van der Waals surface area contributed by atoms with E-state index in [0.717, 1.165) is 49.2 Å². The number of ether oxygens (including phenoxy) is 1. The van der Waals surface area contributed by atoms with E-state index >= 15 is 0 Å². The van der Waals surface area contributed by atoms with E-state index < -0.39 is 22.1 Å². The van der Waals surface area contributed by atoms with Crippen molar-refractivity contribution in [1.82, 2.24) is 5.32 Å². The molecular formula is C19H23F3N2O3S. The van der Waals surface area contributed by atoms with Crippen LogP contribution in [0.3, 0.4) is 0 Å². The summed E-state index contributed by atoms with van der Waals surface area (Å²) < 4.78 is 67.5. The van der Waals surface area contributed by atoms with E-state index in [1.54, 1.807) is 12.1 Å². The standard InChI is InChI=1S/C19H23F3N2O3S/c1-3-12-23-14(2)13-15-4-6-16(7-5-15)24-28(25,26)18-10-8-17(9-11-18)27-19(20,21)22/h4-11,14,23-24H,3,12-13H2,1-2H3/t14-/m0/s1. The Labute approximate surface area is 163 Å². The zero-order chi connectivity index (χ0) is 20.8. The number of hydrogen-bond acceptors (Lipinski definition) is 4. The average molecular weight is 416 g/mol. The fourth-order valence-electron chi connectivity index (χ4n) is 2.56. The van der Waals surface area contributed by atoms with Gasteiger partial charge in [-0.1, -0.05) is 19.1 Å². The molecule has 154 valence electrons. The lowest BCUT2D eigenvalue weighted by Gasteiger charge is -2.14. The van der Waals surface area contributed by atoms with Crippen LogP contribution in [0.2, 0.25) is 0 Å².